The van der Waals surface area contributed by atoms with Crippen LogP contribution in [0.1, 0.15) is 16.5 Å². The average Bonchev–Trinajstić information content (AvgIpc) is 3.12. The quantitative estimate of drug-likeness (QED) is 0.589. The minimum absolute atomic E-state index is 0.192. The van der Waals surface area contributed by atoms with Crippen LogP contribution < -0.4 is 20.5 Å². The zero-order chi connectivity index (χ0) is 22.0. The van der Waals surface area contributed by atoms with E-state index in [-0.39, 0.29) is 23.6 Å². The lowest BCUT2D eigenvalue weighted by atomic mass is 10.1. The number of rotatable bonds is 6. The SMILES string of the molecule is COc1ccc([C@H]2SCC(=O)N2NC(=O)COc2ccc3c(C)cc(=O)oc3c2)cc1. The number of benzene rings is 2. The number of carbonyl (C=O) groups is 2. The molecule has 31 heavy (non-hydrogen) atoms. The van der Waals surface area contributed by atoms with Crippen molar-refractivity contribution in [3.8, 4) is 11.5 Å². The number of methoxy groups -OCH3 is 1. The smallest absolute Gasteiger partial charge is 0.336 e. The van der Waals surface area contributed by atoms with Crippen molar-refractivity contribution in [3.05, 3.63) is 70.1 Å². The van der Waals surface area contributed by atoms with Gasteiger partial charge >= 0.3 is 5.63 Å². The van der Waals surface area contributed by atoms with E-state index in [9.17, 15) is 14.4 Å². The summed E-state index contributed by atoms with van der Waals surface area (Å²) in [5.41, 5.74) is 4.23. The van der Waals surface area contributed by atoms with Gasteiger partial charge in [0, 0.05) is 17.5 Å². The second-order valence-corrected chi connectivity index (χ2v) is 8.00. The molecule has 2 heterocycles. The molecule has 1 N–H and O–H groups in total. The third-order valence-corrected chi connectivity index (χ3v) is 6.02. The fraction of sp³-hybridized carbons (Fsp3) is 0.227. The van der Waals surface area contributed by atoms with E-state index in [1.54, 1.807) is 25.3 Å². The van der Waals surface area contributed by atoms with Crippen molar-refractivity contribution in [2.75, 3.05) is 19.5 Å². The van der Waals surface area contributed by atoms with Crippen molar-refractivity contribution in [1.82, 2.24) is 10.4 Å². The summed E-state index contributed by atoms with van der Waals surface area (Å²) < 4.78 is 15.9. The van der Waals surface area contributed by atoms with Gasteiger partial charge in [0.2, 0.25) is 0 Å². The topological polar surface area (TPSA) is 98.1 Å². The van der Waals surface area contributed by atoms with Gasteiger partial charge in [-0.3, -0.25) is 15.0 Å². The van der Waals surface area contributed by atoms with Crippen LogP contribution in [0.15, 0.2) is 57.7 Å². The van der Waals surface area contributed by atoms with Gasteiger partial charge in [-0.25, -0.2) is 9.80 Å². The summed E-state index contributed by atoms with van der Waals surface area (Å²) in [4.78, 5) is 36.3. The molecule has 1 atom stereocenters. The van der Waals surface area contributed by atoms with E-state index < -0.39 is 11.5 Å². The van der Waals surface area contributed by atoms with Gasteiger partial charge in [-0.2, -0.15) is 0 Å². The van der Waals surface area contributed by atoms with Crippen molar-refractivity contribution in [2.24, 2.45) is 0 Å². The van der Waals surface area contributed by atoms with Gasteiger partial charge in [0.25, 0.3) is 11.8 Å². The van der Waals surface area contributed by atoms with Crippen LogP contribution in [0, 0.1) is 6.92 Å². The minimum atomic E-state index is -0.472. The number of hydrazine groups is 1. The summed E-state index contributed by atoms with van der Waals surface area (Å²) in [5.74, 6) is 0.692. The molecule has 1 saturated heterocycles. The maximum Gasteiger partial charge on any atom is 0.336 e. The molecule has 0 radical (unpaired) electrons. The van der Waals surface area contributed by atoms with E-state index in [2.05, 4.69) is 5.43 Å². The molecule has 1 aromatic heterocycles. The number of hydrogen-bond donors (Lipinski definition) is 1. The molecule has 0 aliphatic carbocycles. The lowest BCUT2D eigenvalue weighted by Gasteiger charge is -2.24. The fourth-order valence-electron chi connectivity index (χ4n) is 3.27. The third-order valence-electron chi connectivity index (χ3n) is 4.81. The van der Waals surface area contributed by atoms with Gasteiger partial charge in [0.1, 0.15) is 22.5 Å². The number of nitrogens with one attached hydrogen (secondary N) is 1. The Kier molecular flexibility index (Phi) is 5.85. The first kappa shape index (κ1) is 20.8. The first-order chi connectivity index (χ1) is 14.9. The molecule has 2 aromatic carbocycles. The first-order valence-electron chi connectivity index (χ1n) is 9.49. The molecule has 8 nitrogen and oxygen atoms in total. The molecule has 0 bridgehead atoms. The van der Waals surface area contributed by atoms with E-state index in [4.69, 9.17) is 13.9 Å². The van der Waals surface area contributed by atoms with Crippen LogP contribution in [0.2, 0.25) is 0 Å². The molecular formula is C22H20N2O6S. The standard InChI is InChI=1S/C22H20N2O6S/c1-13-9-21(27)30-18-10-16(7-8-17(13)18)29-11-19(25)23-24-20(26)12-31-22(24)14-3-5-15(28-2)6-4-14/h3-10,22H,11-12H2,1-2H3,(H,23,25)/t22-/m1/s1. The Hall–Kier alpha value is -3.46. The molecule has 0 saturated carbocycles. The Balaban J connectivity index is 1.42. The first-order valence-corrected chi connectivity index (χ1v) is 10.5. The Bertz CT molecular complexity index is 1190. The summed E-state index contributed by atoms with van der Waals surface area (Å²) >= 11 is 1.42. The van der Waals surface area contributed by atoms with E-state index >= 15 is 0 Å². The van der Waals surface area contributed by atoms with Crippen LogP contribution in [-0.2, 0) is 9.59 Å². The molecule has 9 heteroatoms. The third kappa shape index (κ3) is 4.51. The number of nitrogens with zero attached hydrogens (tertiary/aromatic N) is 1. The van der Waals surface area contributed by atoms with Crippen LogP contribution in [0.4, 0.5) is 0 Å². The molecule has 160 valence electrons. The molecule has 0 unspecified atom stereocenters. The van der Waals surface area contributed by atoms with Gasteiger partial charge in [0.15, 0.2) is 6.61 Å². The van der Waals surface area contributed by atoms with Crippen molar-refractivity contribution in [3.63, 3.8) is 0 Å². The predicted octanol–water partition coefficient (Wildman–Crippen LogP) is 2.79. The minimum Gasteiger partial charge on any atom is -0.497 e. The summed E-state index contributed by atoms with van der Waals surface area (Å²) in [6.45, 7) is 1.52. The van der Waals surface area contributed by atoms with Crippen molar-refractivity contribution in [2.45, 2.75) is 12.3 Å². The summed E-state index contributed by atoms with van der Waals surface area (Å²) in [5, 5.41) is 1.78. The monoisotopic (exact) mass is 440 g/mol. The summed E-state index contributed by atoms with van der Waals surface area (Å²) in [6.07, 6.45) is 0. The fourth-order valence-corrected chi connectivity index (χ4v) is 4.38. The number of carbonyl (C=O) groups excluding carboxylic acids is 2. The molecule has 2 amide bonds. The number of ether oxygens (including phenoxy) is 2. The largest absolute Gasteiger partial charge is 0.497 e. The Morgan fingerprint density at radius 1 is 1.16 bits per heavy atom. The lowest BCUT2D eigenvalue weighted by Crippen LogP contribution is -2.46. The lowest BCUT2D eigenvalue weighted by molar-refractivity contribution is -0.140. The van der Waals surface area contributed by atoms with Crippen LogP contribution in [0.5, 0.6) is 11.5 Å². The molecule has 4 rings (SSSR count). The van der Waals surface area contributed by atoms with Gasteiger partial charge in [0.05, 0.1) is 12.9 Å². The number of amides is 2. The summed E-state index contributed by atoms with van der Waals surface area (Å²) in [7, 11) is 1.58. The molecule has 1 aliphatic rings. The molecular weight excluding hydrogens is 420 g/mol. The molecule has 1 aliphatic heterocycles. The maximum atomic E-state index is 12.4. The number of fused-ring (bicyclic) bond motifs is 1. The van der Waals surface area contributed by atoms with E-state index in [1.165, 1.54) is 22.8 Å². The van der Waals surface area contributed by atoms with Crippen LogP contribution in [-0.4, -0.2) is 36.3 Å². The van der Waals surface area contributed by atoms with E-state index in [0.29, 0.717) is 17.1 Å². The van der Waals surface area contributed by atoms with Gasteiger partial charge in [-0.15, -0.1) is 11.8 Å². The highest BCUT2D eigenvalue weighted by atomic mass is 32.2. The van der Waals surface area contributed by atoms with Crippen molar-refractivity contribution >= 4 is 34.5 Å². The summed E-state index contributed by atoms with van der Waals surface area (Å²) in [6, 6.07) is 13.8. The molecule has 1 fully saturated rings. The average molecular weight is 440 g/mol. The van der Waals surface area contributed by atoms with Gasteiger partial charge < -0.3 is 13.9 Å². The Morgan fingerprint density at radius 2 is 1.90 bits per heavy atom. The van der Waals surface area contributed by atoms with Crippen molar-refractivity contribution in [1.29, 1.82) is 0 Å². The van der Waals surface area contributed by atoms with Crippen LogP contribution in [0.3, 0.4) is 0 Å². The Morgan fingerprint density at radius 3 is 2.65 bits per heavy atom. The zero-order valence-electron chi connectivity index (χ0n) is 16.9. The van der Waals surface area contributed by atoms with Crippen LogP contribution >= 0.6 is 11.8 Å². The highest BCUT2D eigenvalue weighted by Crippen LogP contribution is 2.37. The number of aryl methyl sites for hydroxylation is 1. The number of thioether (sulfide) groups is 1. The highest BCUT2D eigenvalue weighted by molar-refractivity contribution is 8.00. The Labute approximate surface area is 182 Å². The van der Waals surface area contributed by atoms with Crippen LogP contribution in [0.25, 0.3) is 11.0 Å². The predicted molar refractivity (Wildman–Crippen MR) is 116 cm³/mol. The van der Waals surface area contributed by atoms with Crippen molar-refractivity contribution < 1.29 is 23.5 Å². The van der Waals surface area contributed by atoms with E-state index in [0.717, 1.165) is 16.5 Å². The highest BCUT2D eigenvalue weighted by Gasteiger charge is 2.34. The van der Waals surface area contributed by atoms with Gasteiger partial charge in [-0.05, 0) is 42.3 Å². The second-order valence-electron chi connectivity index (χ2n) is 6.93. The van der Waals surface area contributed by atoms with E-state index in [1.807, 2.05) is 31.2 Å². The maximum absolute atomic E-state index is 12.4. The normalized spacial score (nSPS) is 15.9. The molecule has 3 aromatic rings. The second kappa shape index (κ2) is 8.73. The van der Waals surface area contributed by atoms with Gasteiger partial charge in [-0.1, -0.05) is 12.1 Å². The zero-order valence-corrected chi connectivity index (χ0v) is 17.7. The molecule has 0 spiro atoms. The number of hydrogen-bond acceptors (Lipinski definition) is 7.